The average Bonchev–Trinajstić information content (AvgIpc) is 2.07. The lowest BCUT2D eigenvalue weighted by molar-refractivity contribution is -0.178. The molecule has 0 radical (unpaired) electrons. The van der Waals surface area contributed by atoms with E-state index in [0.717, 1.165) is 6.42 Å². The highest BCUT2D eigenvalue weighted by molar-refractivity contribution is 7.86. The molecule has 4 bridgehead atoms. The molecule has 4 rings (SSSR count). The van der Waals surface area contributed by atoms with Crippen molar-refractivity contribution < 1.29 is 26.9 Å². The van der Waals surface area contributed by atoms with E-state index >= 15 is 0 Å². The molecule has 0 aromatic carbocycles. The fourth-order valence-electron chi connectivity index (χ4n) is 5.14. The summed E-state index contributed by atoms with van der Waals surface area (Å²) in [6, 6.07) is 0. The minimum Gasteiger partial charge on any atom is -0.390 e. The second-order valence-corrected chi connectivity index (χ2v) is 8.52. The van der Waals surface area contributed by atoms with Gasteiger partial charge in [-0.2, -0.15) is 17.2 Å². The van der Waals surface area contributed by atoms with Crippen molar-refractivity contribution in [3.05, 3.63) is 0 Å². The molecule has 4 saturated carbocycles. The molecule has 110 valence electrons. The molecule has 0 aromatic rings. The van der Waals surface area contributed by atoms with Crippen molar-refractivity contribution in [1.82, 2.24) is 0 Å². The summed E-state index contributed by atoms with van der Waals surface area (Å²) in [6.45, 7) is 0. The van der Waals surface area contributed by atoms with E-state index in [1.165, 1.54) is 0 Å². The van der Waals surface area contributed by atoms with Gasteiger partial charge >= 0.3 is 15.4 Å². The number of rotatable bonds is 3. The van der Waals surface area contributed by atoms with Crippen LogP contribution < -0.4 is 0 Å². The Morgan fingerprint density at radius 2 is 1.68 bits per heavy atom. The molecule has 19 heavy (non-hydrogen) atoms. The second-order valence-electron chi connectivity index (χ2n) is 6.97. The Labute approximate surface area is 110 Å². The van der Waals surface area contributed by atoms with E-state index in [2.05, 4.69) is 0 Å². The maximum absolute atomic E-state index is 13.6. The van der Waals surface area contributed by atoms with Crippen LogP contribution in [-0.2, 0) is 10.1 Å². The lowest BCUT2D eigenvalue weighted by Crippen LogP contribution is -2.57. The van der Waals surface area contributed by atoms with Gasteiger partial charge in [0, 0.05) is 6.42 Å². The second kappa shape index (κ2) is 3.68. The molecule has 2 atom stereocenters. The molecule has 4 aliphatic rings. The monoisotopic (exact) mass is 296 g/mol. The van der Waals surface area contributed by atoms with Crippen LogP contribution in [0.5, 0.6) is 0 Å². The number of hydrogen-bond donors (Lipinski definition) is 2. The van der Waals surface area contributed by atoms with Gasteiger partial charge in [0.15, 0.2) is 0 Å². The highest BCUT2D eigenvalue weighted by Gasteiger charge is 2.61. The Morgan fingerprint density at radius 1 is 1.16 bits per heavy atom. The van der Waals surface area contributed by atoms with Crippen molar-refractivity contribution in [3.63, 3.8) is 0 Å². The molecule has 2 N–H and O–H groups in total. The van der Waals surface area contributed by atoms with Crippen molar-refractivity contribution >= 4 is 10.1 Å². The quantitative estimate of drug-likeness (QED) is 0.783. The summed E-state index contributed by atoms with van der Waals surface area (Å²) in [6.07, 6.45) is 2.67. The number of alkyl halides is 2. The van der Waals surface area contributed by atoms with Gasteiger partial charge in [0.1, 0.15) is 0 Å². The summed E-state index contributed by atoms with van der Waals surface area (Å²) in [7, 11) is -5.38. The van der Waals surface area contributed by atoms with Gasteiger partial charge in [0.05, 0.1) is 5.60 Å². The molecular formula is C12H18F2O4S. The van der Waals surface area contributed by atoms with Gasteiger partial charge in [-0.1, -0.05) is 0 Å². The summed E-state index contributed by atoms with van der Waals surface area (Å²) in [5, 5.41) is 6.29. The zero-order chi connectivity index (χ0) is 14.1. The fraction of sp³-hybridized carbons (Fsp3) is 1.00. The van der Waals surface area contributed by atoms with Crippen LogP contribution in [0.2, 0.25) is 0 Å². The van der Waals surface area contributed by atoms with Gasteiger partial charge in [-0.25, -0.2) is 0 Å². The van der Waals surface area contributed by atoms with E-state index < -0.39 is 32.8 Å². The molecule has 4 fully saturated rings. The SMILES string of the molecule is O=S(=O)(O)C(F)(F)CC12CC3CC(CC(O)(C3)C1)C2. The van der Waals surface area contributed by atoms with Crippen LogP contribution in [0, 0.1) is 17.3 Å². The maximum Gasteiger partial charge on any atom is 0.370 e. The lowest BCUT2D eigenvalue weighted by Gasteiger charge is -2.60. The number of hydrogen-bond acceptors (Lipinski definition) is 3. The Hall–Kier alpha value is -0.270. The minimum atomic E-state index is -5.38. The zero-order valence-corrected chi connectivity index (χ0v) is 11.3. The highest BCUT2D eigenvalue weighted by atomic mass is 32.2. The van der Waals surface area contributed by atoms with Gasteiger partial charge in [-0.05, 0) is 55.8 Å². The summed E-state index contributed by atoms with van der Waals surface area (Å²) in [5.74, 6) is 0.423. The summed E-state index contributed by atoms with van der Waals surface area (Å²) in [5.41, 5.74) is -1.74. The molecule has 0 aliphatic heterocycles. The van der Waals surface area contributed by atoms with Crippen LogP contribution >= 0.6 is 0 Å². The van der Waals surface area contributed by atoms with Crippen LogP contribution in [-0.4, -0.2) is 28.9 Å². The predicted octanol–water partition coefficient (Wildman–Crippen LogP) is 2.19. The highest BCUT2D eigenvalue weighted by Crippen LogP contribution is 2.64. The first kappa shape index (κ1) is 13.7. The molecule has 2 unspecified atom stereocenters. The van der Waals surface area contributed by atoms with Gasteiger partial charge in [-0.3, -0.25) is 4.55 Å². The van der Waals surface area contributed by atoms with Crippen molar-refractivity contribution in [2.75, 3.05) is 0 Å². The largest absolute Gasteiger partial charge is 0.390 e. The minimum absolute atomic E-state index is 0.212. The summed E-state index contributed by atoms with van der Waals surface area (Å²) >= 11 is 0. The van der Waals surface area contributed by atoms with Crippen molar-refractivity contribution in [2.45, 2.75) is 55.8 Å². The van der Waals surface area contributed by atoms with Crippen LogP contribution in [0.3, 0.4) is 0 Å². The number of aliphatic hydroxyl groups is 1. The Balaban J connectivity index is 1.89. The first-order valence-electron chi connectivity index (χ1n) is 6.60. The molecule has 0 amide bonds. The van der Waals surface area contributed by atoms with E-state index in [0.29, 0.717) is 25.7 Å². The van der Waals surface area contributed by atoms with Gasteiger partial charge in [0.25, 0.3) is 0 Å². The molecule has 4 aliphatic carbocycles. The van der Waals surface area contributed by atoms with Crippen LogP contribution in [0.1, 0.15) is 44.9 Å². The average molecular weight is 296 g/mol. The van der Waals surface area contributed by atoms with Crippen LogP contribution in [0.25, 0.3) is 0 Å². The third-order valence-corrected chi connectivity index (χ3v) is 6.01. The normalized spacial score (nSPS) is 45.7. The van der Waals surface area contributed by atoms with Crippen LogP contribution in [0.4, 0.5) is 8.78 Å². The number of halogens is 2. The maximum atomic E-state index is 13.6. The topological polar surface area (TPSA) is 74.6 Å². The Bertz CT molecular complexity index is 488. The van der Waals surface area contributed by atoms with E-state index in [1.807, 2.05) is 0 Å². The van der Waals surface area contributed by atoms with E-state index in [1.54, 1.807) is 0 Å². The van der Waals surface area contributed by atoms with E-state index in [9.17, 15) is 22.3 Å². The van der Waals surface area contributed by atoms with Gasteiger partial charge < -0.3 is 5.11 Å². The molecule has 0 aromatic heterocycles. The molecule has 7 heteroatoms. The van der Waals surface area contributed by atoms with E-state index in [4.69, 9.17) is 4.55 Å². The molecule has 0 spiro atoms. The summed E-state index contributed by atoms with van der Waals surface area (Å²) in [4.78, 5) is 0. The summed E-state index contributed by atoms with van der Waals surface area (Å²) < 4.78 is 57.6. The molecular weight excluding hydrogens is 278 g/mol. The van der Waals surface area contributed by atoms with Crippen molar-refractivity contribution in [3.8, 4) is 0 Å². The van der Waals surface area contributed by atoms with Crippen molar-refractivity contribution in [1.29, 1.82) is 0 Å². The van der Waals surface area contributed by atoms with Crippen LogP contribution in [0.15, 0.2) is 0 Å². The van der Waals surface area contributed by atoms with Crippen molar-refractivity contribution in [2.24, 2.45) is 17.3 Å². The predicted molar refractivity (Wildman–Crippen MR) is 63.2 cm³/mol. The molecule has 0 heterocycles. The third kappa shape index (κ3) is 2.19. The third-order valence-electron chi connectivity index (χ3n) is 5.11. The molecule has 0 saturated heterocycles. The Morgan fingerprint density at radius 3 is 2.11 bits per heavy atom. The molecule has 4 nitrogen and oxygen atoms in total. The first-order valence-corrected chi connectivity index (χ1v) is 8.04. The standard InChI is InChI=1S/C12H18F2O4S/c13-12(14,19(16,17)18)7-10-2-8-1-9(3-10)5-11(15,4-8)6-10/h8-9,15H,1-7H2,(H,16,17,18). The van der Waals surface area contributed by atoms with Gasteiger partial charge in [-0.15, -0.1) is 0 Å². The zero-order valence-electron chi connectivity index (χ0n) is 10.5. The first-order chi connectivity index (χ1) is 8.53. The smallest absolute Gasteiger partial charge is 0.370 e. The lowest BCUT2D eigenvalue weighted by atomic mass is 9.47. The van der Waals surface area contributed by atoms with E-state index in [-0.39, 0.29) is 18.3 Å². The van der Waals surface area contributed by atoms with Gasteiger partial charge in [0.2, 0.25) is 0 Å². The Kier molecular flexibility index (Phi) is 2.65. The fourth-order valence-corrected chi connectivity index (χ4v) is 5.63.